The fourth-order valence-corrected chi connectivity index (χ4v) is 4.29. The number of carbonyl (C=O) groups excluding carboxylic acids is 1. The molecular formula is C15H20N2O3S. The molecule has 0 aromatic carbocycles. The summed E-state index contributed by atoms with van der Waals surface area (Å²) in [5, 5.41) is 13.3. The molecule has 2 bridgehead atoms. The molecule has 2 fully saturated rings. The van der Waals surface area contributed by atoms with Crippen molar-refractivity contribution in [2.75, 3.05) is 13.6 Å². The van der Waals surface area contributed by atoms with Gasteiger partial charge < -0.3 is 10.0 Å². The van der Waals surface area contributed by atoms with Crippen LogP contribution in [0.4, 0.5) is 0 Å². The van der Waals surface area contributed by atoms with Gasteiger partial charge in [-0.15, -0.1) is 0 Å². The van der Waals surface area contributed by atoms with Gasteiger partial charge in [0.15, 0.2) is 0 Å². The van der Waals surface area contributed by atoms with Crippen LogP contribution >= 0.6 is 11.3 Å². The molecule has 0 aliphatic carbocycles. The second-order valence-corrected chi connectivity index (χ2v) is 6.81. The summed E-state index contributed by atoms with van der Waals surface area (Å²) < 4.78 is 0. The summed E-state index contributed by atoms with van der Waals surface area (Å²) in [6.07, 6.45) is 2.63. The Bertz CT molecular complexity index is 531. The van der Waals surface area contributed by atoms with Crippen LogP contribution in [0.5, 0.6) is 0 Å². The minimum atomic E-state index is -0.716. The van der Waals surface area contributed by atoms with Crippen molar-refractivity contribution in [3.8, 4) is 0 Å². The van der Waals surface area contributed by atoms with Gasteiger partial charge in [0, 0.05) is 25.7 Å². The number of aliphatic carboxylic acids is 1. The molecule has 1 amide bonds. The van der Waals surface area contributed by atoms with Crippen LogP contribution in [0.1, 0.15) is 24.8 Å². The van der Waals surface area contributed by atoms with Gasteiger partial charge in [0.25, 0.3) is 0 Å². The van der Waals surface area contributed by atoms with Gasteiger partial charge in [-0.1, -0.05) is 0 Å². The van der Waals surface area contributed by atoms with Crippen molar-refractivity contribution in [2.45, 2.75) is 37.9 Å². The topological polar surface area (TPSA) is 60.9 Å². The van der Waals surface area contributed by atoms with Crippen LogP contribution < -0.4 is 0 Å². The number of nitrogens with zero attached hydrogens (tertiary/aromatic N) is 2. The number of carbonyl (C=O) groups is 2. The van der Waals surface area contributed by atoms with E-state index in [2.05, 4.69) is 4.90 Å². The third-order valence-electron chi connectivity index (χ3n) is 4.74. The quantitative estimate of drug-likeness (QED) is 0.898. The Morgan fingerprint density at radius 3 is 2.90 bits per heavy atom. The average Bonchev–Trinajstić information content (AvgIpc) is 3.15. The fraction of sp³-hybridized carbons (Fsp3) is 0.600. The van der Waals surface area contributed by atoms with Gasteiger partial charge in [0.05, 0.1) is 12.5 Å². The van der Waals surface area contributed by atoms with Gasteiger partial charge in [-0.25, -0.2) is 0 Å². The summed E-state index contributed by atoms with van der Waals surface area (Å²) >= 11 is 1.63. The highest BCUT2D eigenvalue weighted by molar-refractivity contribution is 7.07. The number of likely N-dealkylation sites (N-methyl/N-ethyl adjacent to an activating group) is 1. The molecule has 3 rings (SSSR count). The summed E-state index contributed by atoms with van der Waals surface area (Å²) in [7, 11) is 1.81. The normalized spacial score (nSPS) is 28.0. The molecule has 0 saturated carbocycles. The zero-order valence-electron chi connectivity index (χ0n) is 12.1. The van der Waals surface area contributed by atoms with E-state index in [0.29, 0.717) is 19.5 Å². The molecule has 3 atom stereocenters. The van der Waals surface area contributed by atoms with E-state index >= 15 is 0 Å². The summed E-state index contributed by atoms with van der Waals surface area (Å²) in [5.41, 5.74) is 1.14. The van der Waals surface area contributed by atoms with E-state index in [-0.39, 0.29) is 23.9 Å². The molecule has 5 nitrogen and oxygen atoms in total. The van der Waals surface area contributed by atoms with Crippen molar-refractivity contribution in [1.82, 2.24) is 9.80 Å². The standard InChI is InChI=1S/C15H20N2O3S/c1-16(7-10-4-5-21-9-10)14(18)8-17-11-2-3-13(17)12(6-11)15(19)20/h4-5,9,11-13H,2-3,6-8H2,1H3,(H,19,20). The van der Waals surface area contributed by atoms with Gasteiger partial charge >= 0.3 is 5.97 Å². The lowest BCUT2D eigenvalue weighted by Gasteiger charge is -2.25. The zero-order valence-corrected chi connectivity index (χ0v) is 12.9. The Hall–Kier alpha value is -1.40. The first-order valence-corrected chi connectivity index (χ1v) is 8.24. The molecular weight excluding hydrogens is 288 g/mol. The Labute approximate surface area is 128 Å². The first-order chi connectivity index (χ1) is 10.1. The Kier molecular flexibility index (Phi) is 3.99. The number of rotatable bonds is 5. The molecule has 6 heteroatoms. The maximum Gasteiger partial charge on any atom is 0.308 e. The van der Waals surface area contributed by atoms with Crippen LogP contribution in [0, 0.1) is 5.92 Å². The largest absolute Gasteiger partial charge is 0.481 e. The minimum Gasteiger partial charge on any atom is -0.481 e. The molecule has 21 heavy (non-hydrogen) atoms. The number of amides is 1. The molecule has 0 radical (unpaired) electrons. The maximum atomic E-state index is 12.4. The lowest BCUT2D eigenvalue weighted by Crippen LogP contribution is -2.41. The number of fused-ring (bicyclic) bond motifs is 2. The van der Waals surface area contributed by atoms with Crippen LogP contribution in [-0.2, 0) is 16.1 Å². The molecule has 114 valence electrons. The van der Waals surface area contributed by atoms with Crippen LogP contribution in [0.15, 0.2) is 16.8 Å². The maximum absolute atomic E-state index is 12.4. The second-order valence-electron chi connectivity index (χ2n) is 6.03. The van der Waals surface area contributed by atoms with Crippen molar-refractivity contribution in [2.24, 2.45) is 5.92 Å². The zero-order chi connectivity index (χ0) is 15.0. The van der Waals surface area contributed by atoms with E-state index in [9.17, 15) is 14.7 Å². The van der Waals surface area contributed by atoms with Gasteiger partial charge in [-0.05, 0) is 41.7 Å². The van der Waals surface area contributed by atoms with Gasteiger partial charge in [-0.2, -0.15) is 11.3 Å². The average molecular weight is 308 g/mol. The molecule has 3 unspecified atom stereocenters. The van der Waals surface area contributed by atoms with Crippen molar-refractivity contribution in [1.29, 1.82) is 0 Å². The van der Waals surface area contributed by atoms with E-state index in [0.717, 1.165) is 18.4 Å². The van der Waals surface area contributed by atoms with Gasteiger partial charge in [-0.3, -0.25) is 14.5 Å². The van der Waals surface area contributed by atoms with Crippen molar-refractivity contribution in [3.63, 3.8) is 0 Å². The van der Waals surface area contributed by atoms with Crippen molar-refractivity contribution in [3.05, 3.63) is 22.4 Å². The molecule has 1 aromatic rings. The van der Waals surface area contributed by atoms with Gasteiger partial charge in [0.1, 0.15) is 0 Å². The summed E-state index contributed by atoms with van der Waals surface area (Å²) in [4.78, 5) is 27.5. The summed E-state index contributed by atoms with van der Waals surface area (Å²) in [6, 6.07) is 2.34. The summed E-state index contributed by atoms with van der Waals surface area (Å²) in [5.74, 6) is -0.936. The Morgan fingerprint density at radius 2 is 2.29 bits per heavy atom. The predicted octanol–water partition coefficient (Wildman–Crippen LogP) is 1.64. The van der Waals surface area contributed by atoms with E-state index in [1.807, 2.05) is 23.9 Å². The SMILES string of the molecule is CN(Cc1ccsc1)C(=O)CN1C2CCC1C(C(=O)O)C2. The number of carboxylic acids is 1. The monoisotopic (exact) mass is 308 g/mol. The number of hydrogen-bond acceptors (Lipinski definition) is 4. The lowest BCUT2D eigenvalue weighted by atomic mass is 9.89. The Balaban J connectivity index is 1.59. The number of hydrogen-bond donors (Lipinski definition) is 1. The van der Waals surface area contributed by atoms with Crippen LogP contribution in [0.2, 0.25) is 0 Å². The van der Waals surface area contributed by atoms with Crippen molar-refractivity contribution < 1.29 is 14.7 Å². The molecule has 2 aliphatic heterocycles. The highest BCUT2D eigenvalue weighted by Crippen LogP contribution is 2.41. The highest BCUT2D eigenvalue weighted by atomic mass is 32.1. The molecule has 2 saturated heterocycles. The van der Waals surface area contributed by atoms with Crippen LogP contribution in [-0.4, -0.2) is 52.5 Å². The lowest BCUT2D eigenvalue weighted by molar-refractivity contribution is -0.143. The van der Waals surface area contributed by atoms with E-state index in [1.165, 1.54) is 0 Å². The molecule has 2 aliphatic rings. The van der Waals surface area contributed by atoms with Crippen molar-refractivity contribution >= 4 is 23.2 Å². The summed E-state index contributed by atoms with van der Waals surface area (Å²) in [6.45, 7) is 0.966. The van der Waals surface area contributed by atoms with Crippen LogP contribution in [0.25, 0.3) is 0 Å². The Morgan fingerprint density at radius 1 is 1.48 bits per heavy atom. The number of carboxylic acid groups (broad SMARTS) is 1. The highest BCUT2D eigenvalue weighted by Gasteiger charge is 2.49. The predicted molar refractivity (Wildman–Crippen MR) is 80.1 cm³/mol. The molecule has 3 heterocycles. The number of thiophene rings is 1. The second kappa shape index (κ2) is 5.77. The van der Waals surface area contributed by atoms with E-state index < -0.39 is 5.97 Å². The minimum absolute atomic E-state index is 0.0472. The molecule has 1 N–H and O–H groups in total. The molecule has 1 aromatic heterocycles. The smallest absolute Gasteiger partial charge is 0.308 e. The fourth-order valence-electron chi connectivity index (χ4n) is 3.63. The third kappa shape index (κ3) is 2.82. The van der Waals surface area contributed by atoms with Gasteiger partial charge in [0.2, 0.25) is 5.91 Å². The molecule has 0 spiro atoms. The first kappa shape index (κ1) is 14.5. The first-order valence-electron chi connectivity index (χ1n) is 7.30. The van der Waals surface area contributed by atoms with E-state index in [1.54, 1.807) is 16.2 Å². The third-order valence-corrected chi connectivity index (χ3v) is 5.47. The van der Waals surface area contributed by atoms with E-state index in [4.69, 9.17) is 0 Å². The van der Waals surface area contributed by atoms with Crippen LogP contribution in [0.3, 0.4) is 0 Å².